The number of aromatic amines is 1. The van der Waals surface area contributed by atoms with E-state index in [9.17, 15) is 0 Å². The van der Waals surface area contributed by atoms with Gasteiger partial charge in [-0.15, -0.1) is 0 Å². The fourth-order valence-corrected chi connectivity index (χ4v) is 2.30. The quantitative estimate of drug-likeness (QED) is 0.589. The lowest BCUT2D eigenvalue weighted by atomic mass is 10.3. The van der Waals surface area contributed by atoms with Crippen LogP contribution in [0.4, 0.5) is 5.82 Å². The highest BCUT2D eigenvalue weighted by molar-refractivity contribution is 5.77. The molecular formula is C16H14N6O. The second-order valence-electron chi connectivity index (χ2n) is 5.04. The van der Waals surface area contributed by atoms with Crippen molar-refractivity contribution < 1.29 is 4.52 Å². The normalized spacial score (nSPS) is 11.0. The minimum absolute atomic E-state index is 0.555. The molecule has 0 aliphatic rings. The molecule has 0 bridgehead atoms. The van der Waals surface area contributed by atoms with E-state index in [2.05, 4.69) is 30.4 Å². The molecule has 0 aromatic carbocycles. The van der Waals surface area contributed by atoms with Gasteiger partial charge >= 0.3 is 0 Å². The third-order valence-corrected chi connectivity index (χ3v) is 3.44. The van der Waals surface area contributed by atoms with Crippen LogP contribution in [0, 0.1) is 0 Å². The fraction of sp³-hybridized carbons (Fsp3) is 0.125. The van der Waals surface area contributed by atoms with Gasteiger partial charge in [-0.25, -0.2) is 4.98 Å². The van der Waals surface area contributed by atoms with Crippen LogP contribution in [0.5, 0.6) is 0 Å². The van der Waals surface area contributed by atoms with Crippen LogP contribution < -0.4 is 5.32 Å². The summed E-state index contributed by atoms with van der Waals surface area (Å²) < 4.78 is 5.26. The Hall–Kier alpha value is -3.22. The van der Waals surface area contributed by atoms with Gasteiger partial charge in [0, 0.05) is 42.5 Å². The average Bonchev–Trinajstić information content (AvgIpc) is 3.24. The second kappa shape index (κ2) is 5.88. The minimum atomic E-state index is 0.555. The van der Waals surface area contributed by atoms with Gasteiger partial charge in [-0.2, -0.15) is 4.98 Å². The first-order chi connectivity index (χ1) is 11.4. The minimum Gasteiger partial charge on any atom is -0.369 e. The van der Waals surface area contributed by atoms with Crippen LogP contribution in [0.15, 0.2) is 53.4 Å². The van der Waals surface area contributed by atoms with Crippen molar-refractivity contribution in [3.63, 3.8) is 0 Å². The first-order valence-corrected chi connectivity index (χ1v) is 7.29. The molecule has 114 valence electrons. The first kappa shape index (κ1) is 13.4. The van der Waals surface area contributed by atoms with Gasteiger partial charge in [-0.3, -0.25) is 4.98 Å². The van der Waals surface area contributed by atoms with Gasteiger partial charge in [0.15, 0.2) is 0 Å². The number of rotatable bonds is 5. The molecule has 0 fully saturated rings. The highest BCUT2D eigenvalue weighted by atomic mass is 16.5. The Morgan fingerprint density at radius 1 is 1.13 bits per heavy atom. The van der Waals surface area contributed by atoms with Crippen molar-refractivity contribution in [2.45, 2.75) is 6.42 Å². The number of aromatic nitrogens is 5. The van der Waals surface area contributed by atoms with E-state index in [0.717, 1.165) is 22.4 Å². The van der Waals surface area contributed by atoms with Crippen LogP contribution in [0.25, 0.3) is 22.4 Å². The molecule has 4 rings (SSSR count). The summed E-state index contributed by atoms with van der Waals surface area (Å²) in [5.41, 5.74) is 1.71. The Kier molecular flexibility index (Phi) is 3.44. The predicted molar refractivity (Wildman–Crippen MR) is 85.8 cm³/mol. The van der Waals surface area contributed by atoms with Crippen LogP contribution in [-0.4, -0.2) is 31.6 Å². The van der Waals surface area contributed by atoms with Crippen molar-refractivity contribution in [1.82, 2.24) is 25.1 Å². The SMILES string of the molecule is c1cncc(-c2noc(CCNc3ccc4cc[nH]c4n3)n2)c1. The van der Waals surface area contributed by atoms with Gasteiger partial charge in [0.25, 0.3) is 0 Å². The van der Waals surface area contributed by atoms with Crippen molar-refractivity contribution >= 4 is 16.9 Å². The number of pyridine rings is 2. The van der Waals surface area contributed by atoms with Gasteiger partial charge in [0.05, 0.1) is 0 Å². The number of hydrogen-bond acceptors (Lipinski definition) is 6. The summed E-state index contributed by atoms with van der Waals surface area (Å²) in [6, 6.07) is 9.70. The summed E-state index contributed by atoms with van der Waals surface area (Å²) in [6.07, 6.45) is 5.92. The van der Waals surface area contributed by atoms with Crippen molar-refractivity contribution in [1.29, 1.82) is 0 Å². The van der Waals surface area contributed by atoms with E-state index < -0.39 is 0 Å². The Morgan fingerprint density at radius 3 is 3.04 bits per heavy atom. The third-order valence-electron chi connectivity index (χ3n) is 3.44. The van der Waals surface area contributed by atoms with Gasteiger partial charge in [-0.05, 0) is 30.3 Å². The molecular weight excluding hydrogens is 292 g/mol. The zero-order chi connectivity index (χ0) is 15.5. The molecule has 23 heavy (non-hydrogen) atoms. The van der Waals surface area contributed by atoms with E-state index in [1.807, 2.05) is 36.5 Å². The summed E-state index contributed by atoms with van der Waals surface area (Å²) in [4.78, 5) is 16.0. The lowest BCUT2D eigenvalue weighted by Crippen LogP contribution is -2.06. The predicted octanol–water partition coefficient (Wildman–Crippen LogP) is 2.66. The molecule has 0 aliphatic heterocycles. The highest BCUT2D eigenvalue weighted by Gasteiger charge is 2.08. The van der Waals surface area contributed by atoms with Crippen molar-refractivity contribution in [2.75, 3.05) is 11.9 Å². The molecule has 2 N–H and O–H groups in total. The maximum atomic E-state index is 5.26. The highest BCUT2D eigenvalue weighted by Crippen LogP contribution is 2.15. The van der Waals surface area contributed by atoms with Crippen molar-refractivity contribution in [3.05, 3.63) is 54.8 Å². The van der Waals surface area contributed by atoms with E-state index in [0.29, 0.717) is 24.7 Å². The lowest BCUT2D eigenvalue weighted by molar-refractivity contribution is 0.381. The molecule has 0 saturated carbocycles. The number of hydrogen-bond donors (Lipinski definition) is 2. The standard InChI is InChI=1S/C16H14N6O/c1-2-12(10-17-7-1)16-21-14(23-22-16)6-9-18-13-4-3-11-5-8-19-15(11)20-13/h1-5,7-8,10H,6,9H2,(H2,18,19,20). The summed E-state index contributed by atoms with van der Waals surface area (Å²) in [5, 5.41) is 8.32. The van der Waals surface area contributed by atoms with E-state index in [1.165, 1.54) is 0 Å². The molecule has 0 radical (unpaired) electrons. The Balaban J connectivity index is 1.38. The Labute approximate surface area is 131 Å². The monoisotopic (exact) mass is 306 g/mol. The molecule has 4 aromatic heterocycles. The topological polar surface area (TPSA) is 92.5 Å². The summed E-state index contributed by atoms with van der Waals surface area (Å²) in [6.45, 7) is 0.661. The molecule has 4 aromatic rings. The summed E-state index contributed by atoms with van der Waals surface area (Å²) in [7, 11) is 0. The van der Waals surface area contributed by atoms with Crippen molar-refractivity contribution in [3.8, 4) is 11.4 Å². The summed E-state index contributed by atoms with van der Waals surface area (Å²) >= 11 is 0. The van der Waals surface area contributed by atoms with Crippen LogP contribution in [-0.2, 0) is 6.42 Å². The van der Waals surface area contributed by atoms with E-state index in [-0.39, 0.29) is 0 Å². The molecule has 0 amide bonds. The zero-order valence-corrected chi connectivity index (χ0v) is 12.2. The molecule has 4 heterocycles. The molecule has 7 heteroatoms. The van der Waals surface area contributed by atoms with Crippen LogP contribution in [0.2, 0.25) is 0 Å². The van der Waals surface area contributed by atoms with Crippen LogP contribution in [0.1, 0.15) is 5.89 Å². The average molecular weight is 306 g/mol. The Bertz CT molecular complexity index is 914. The molecule has 0 saturated heterocycles. The van der Waals surface area contributed by atoms with Crippen LogP contribution in [0.3, 0.4) is 0 Å². The molecule has 7 nitrogen and oxygen atoms in total. The van der Waals surface area contributed by atoms with Gasteiger partial charge in [0.2, 0.25) is 11.7 Å². The summed E-state index contributed by atoms with van der Waals surface area (Å²) in [5.74, 6) is 1.95. The third kappa shape index (κ3) is 2.89. The van der Waals surface area contributed by atoms with E-state index in [4.69, 9.17) is 4.52 Å². The molecule has 0 atom stereocenters. The van der Waals surface area contributed by atoms with Gasteiger partial charge in [-0.1, -0.05) is 5.16 Å². The van der Waals surface area contributed by atoms with Gasteiger partial charge < -0.3 is 14.8 Å². The fourth-order valence-electron chi connectivity index (χ4n) is 2.30. The maximum Gasteiger partial charge on any atom is 0.228 e. The van der Waals surface area contributed by atoms with Gasteiger partial charge in [0.1, 0.15) is 11.5 Å². The van der Waals surface area contributed by atoms with Crippen LogP contribution >= 0.6 is 0 Å². The number of fused-ring (bicyclic) bond motifs is 1. The second-order valence-corrected chi connectivity index (χ2v) is 5.04. The Morgan fingerprint density at radius 2 is 2.13 bits per heavy atom. The number of nitrogens with one attached hydrogen (secondary N) is 2. The van der Waals surface area contributed by atoms with E-state index >= 15 is 0 Å². The number of nitrogens with zero attached hydrogens (tertiary/aromatic N) is 4. The molecule has 0 aliphatic carbocycles. The maximum absolute atomic E-state index is 5.26. The number of anilines is 1. The first-order valence-electron chi connectivity index (χ1n) is 7.29. The zero-order valence-electron chi connectivity index (χ0n) is 12.2. The largest absolute Gasteiger partial charge is 0.369 e. The lowest BCUT2D eigenvalue weighted by Gasteiger charge is -2.03. The van der Waals surface area contributed by atoms with Crippen molar-refractivity contribution in [2.24, 2.45) is 0 Å². The smallest absolute Gasteiger partial charge is 0.228 e. The molecule has 0 spiro atoms. The molecule has 0 unspecified atom stereocenters. The van der Waals surface area contributed by atoms with E-state index in [1.54, 1.807) is 12.4 Å². The number of H-pyrrole nitrogens is 1.